The monoisotopic (exact) mass is 169 g/mol. The van der Waals surface area contributed by atoms with Crippen molar-refractivity contribution in [1.82, 2.24) is 5.32 Å². The summed E-state index contributed by atoms with van der Waals surface area (Å²) in [5, 5.41) is 3.53. The molecule has 70 valence electrons. The second-order valence-electron chi connectivity index (χ2n) is 4.74. The molecule has 0 atom stereocenters. The van der Waals surface area contributed by atoms with Crippen molar-refractivity contribution in [2.24, 2.45) is 0 Å². The zero-order valence-corrected chi connectivity index (χ0v) is 8.15. The van der Waals surface area contributed by atoms with E-state index in [4.69, 9.17) is 4.74 Å². The number of rotatable bonds is 0. The van der Waals surface area contributed by atoms with E-state index in [2.05, 4.69) is 19.2 Å². The topological polar surface area (TPSA) is 21.3 Å². The highest BCUT2D eigenvalue weighted by molar-refractivity contribution is 4.91. The van der Waals surface area contributed by atoms with Gasteiger partial charge in [-0.1, -0.05) is 0 Å². The third-order valence-corrected chi connectivity index (χ3v) is 3.06. The molecule has 0 unspecified atom stereocenters. The smallest absolute Gasteiger partial charge is 0.119 e. The van der Waals surface area contributed by atoms with Crippen LogP contribution in [0, 0.1) is 0 Å². The molecule has 1 aliphatic heterocycles. The van der Waals surface area contributed by atoms with E-state index in [9.17, 15) is 0 Å². The SMILES string of the molecule is CC1(C)CCNC2(CCCC2)O1. The molecule has 2 rings (SSSR count). The fraction of sp³-hybridized carbons (Fsp3) is 1.00. The predicted octanol–water partition coefficient (Wildman–Crippen LogP) is 2.05. The van der Waals surface area contributed by atoms with E-state index in [0.717, 1.165) is 13.0 Å². The van der Waals surface area contributed by atoms with Gasteiger partial charge in [-0.3, -0.25) is 5.32 Å². The Labute approximate surface area is 74.7 Å². The summed E-state index contributed by atoms with van der Waals surface area (Å²) >= 11 is 0. The van der Waals surface area contributed by atoms with E-state index in [1.165, 1.54) is 25.7 Å². The summed E-state index contributed by atoms with van der Waals surface area (Å²) in [6.45, 7) is 5.52. The van der Waals surface area contributed by atoms with Gasteiger partial charge in [0.25, 0.3) is 0 Å². The van der Waals surface area contributed by atoms with E-state index < -0.39 is 0 Å². The Kier molecular flexibility index (Phi) is 1.92. The summed E-state index contributed by atoms with van der Waals surface area (Å²) in [4.78, 5) is 0. The maximum Gasteiger partial charge on any atom is 0.119 e. The van der Waals surface area contributed by atoms with Crippen LogP contribution >= 0.6 is 0 Å². The van der Waals surface area contributed by atoms with Gasteiger partial charge in [0.1, 0.15) is 5.72 Å². The lowest BCUT2D eigenvalue weighted by atomic mass is 9.99. The normalized spacial score (nSPS) is 32.5. The van der Waals surface area contributed by atoms with Gasteiger partial charge in [0.05, 0.1) is 5.60 Å². The van der Waals surface area contributed by atoms with E-state index in [1.807, 2.05) is 0 Å². The van der Waals surface area contributed by atoms with E-state index >= 15 is 0 Å². The van der Waals surface area contributed by atoms with Gasteiger partial charge < -0.3 is 4.74 Å². The molecule has 0 aromatic carbocycles. The third kappa shape index (κ3) is 1.50. The summed E-state index contributed by atoms with van der Waals surface area (Å²) in [5.74, 6) is 0. The molecule has 1 saturated heterocycles. The summed E-state index contributed by atoms with van der Waals surface area (Å²) in [6.07, 6.45) is 6.19. The quantitative estimate of drug-likeness (QED) is 0.599. The summed E-state index contributed by atoms with van der Waals surface area (Å²) in [6, 6.07) is 0. The predicted molar refractivity (Wildman–Crippen MR) is 49.0 cm³/mol. The van der Waals surface area contributed by atoms with Gasteiger partial charge >= 0.3 is 0 Å². The van der Waals surface area contributed by atoms with Crippen LogP contribution in [-0.4, -0.2) is 17.9 Å². The zero-order chi connectivity index (χ0) is 8.66. The van der Waals surface area contributed by atoms with Crippen molar-refractivity contribution in [3.8, 4) is 0 Å². The molecule has 1 spiro atoms. The van der Waals surface area contributed by atoms with Crippen LogP contribution in [0.3, 0.4) is 0 Å². The second-order valence-corrected chi connectivity index (χ2v) is 4.74. The molecule has 0 amide bonds. The fourth-order valence-corrected chi connectivity index (χ4v) is 2.43. The molecule has 0 radical (unpaired) electrons. The maximum absolute atomic E-state index is 6.11. The molecule has 1 saturated carbocycles. The highest BCUT2D eigenvalue weighted by Crippen LogP contribution is 2.37. The molecule has 1 heterocycles. The molecule has 12 heavy (non-hydrogen) atoms. The van der Waals surface area contributed by atoms with Crippen LogP contribution in [-0.2, 0) is 4.74 Å². The number of hydrogen-bond donors (Lipinski definition) is 1. The van der Waals surface area contributed by atoms with Gasteiger partial charge in [-0.05, 0) is 46.0 Å². The van der Waals surface area contributed by atoms with Crippen molar-refractivity contribution in [3.63, 3.8) is 0 Å². The molecule has 2 fully saturated rings. The molecular weight excluding hydrogens is 150 g/mol. The van der Waals surface area contributed by atoms with Gasteiger partial charge in [-0.25, -0.2) is 0 Å². The van der Waals surface area contributed by atoms with E-state index in [0.29, 0.717) is 0 Å². The van der Waals surface area contributed by atoms with Gasteiger partial charge in [0.15, 0.2) is 0 Å². The van der Waals surface area contributed by atoms with Crippen molar-refractivity contribution in [3.05, 3.63) is 0 Å². The molecule has 0 bridgehead atoms. The molecule has 1 N–H and O–H groups in total. The Hall–Kier alpha value is -0.0800. The Bertz CT molecular complexity index is 171. The van der Waals surface area contributed by atoms with Crippen molar-refractivity contribution < 1.29 is 4.74 Å². The summed E-state index contributed by atoms with van der Waals surface area (Å²) < 4.78 is 6.11. The van der Waals surface area contributed by atoms with Gasteiger partial charge in [0.2, 0.25) is 0 Å². The number of nitrogens with one attached hydrogen (secondary N) is 1. The Balaban J connectivity index is 2.07. The van der Waals surface area contributed by atoms with Crippen LogP contribution in [0.4, 0.5) is 0 Å². The van der Waals surface area contributed by atoms with Crippen LogP contribution in [0.1, 0.15) is 46.0 Å². The highest BCUT2D eigenvalue weighted by atomic mass is 16.5. The van der Waals surface area contributed by atoms with Crippen molar-refractivity contribution in [2.45, 2.75) is 57.3 Å². The first-order valence-corrected chi connectivity index (χ1v) is 5.07. The largest absolute Gasteiger partial charge is 0.355 e. The molecule has 2 heteroatoms. The average Bonchev–Trinajstić information content (AvgIpc) is 2.34. The van der Waals surface area contributed by atoms with Gasteiger partial charge in [0, 0.05) is 6.54 Å². The first kappa shape index (κ1) is 8.52. The molecule has 0 aromatic rings. The molecule has 2 aliphatic rings. The fourth-order valence-electron chi connectivity index (χ4n) is 2.43. The van der Waals surface area contributed by atoms with Crippen LogP contribution < -0.4 is 5.32 Å². The standard InChI is InChI=1S/C10H19NO/c1-9(2)7-8-11-10(12-9)5-3-4-6-10/h11H,3-8H2,1-2H3. The zero-order valence-electron chi connectivity index (χ0n) is 8.15. The van der Waals surface area contributed by atoms with E-state index in [1.54, 1.807) is 0 Å². The highest BCUT2D eigenvalue weighted by Gasteiger charge is 2.42. The lowest BCUT2D eigenvalue weighted by molar-refractivity contribution is -0.181. The first-order chi connectivity index (χ1) is 5.62. The lowest BCUT2D eigenvalue weighted by Crippen LogP contribution is -2.56. The van der Waals surface area contributed by atoms with Crippen LogP contribution in [0.25, 0.3) is 0 Å². The lowest BCUT2D eigenvalue weighted by Gasteiger charge is -2.44. The molecule has 1 aliphatic carbocycles. The minimum atomic E-state index is 0.0573. The van der Waals surface area contributed by atoms with Crippen LogP contribution in [0.5, 0.6) is 0 Å². The summed E-state index contributed by atoms with van der Waals surface area (Å²) in [5.41, 5.74) is 0.150. The summed E-state index contributed by atoms with van der Waals surface area (Å²) in [7, 11) is 0. The van der Waals surface area contributed by atoms with Crippen molar-refractivity contribution in [2.75, 3.05) is 6.54 Å². The molecule has 0 aromatic heterocycles. The van der Waals surface area contributed by atoms with Crippen LogP contribution in [0.15, 0.2) is 0 Å². The number of ether oxygens (including phenoxy) is 1. The first-order valence-electron chi connectivity index (χ1n) is 5.07. The average molecular weight is 169 g/mol. The van der Waals surface area contributed by atoms with Crippen LogP contribution in [0.2, 0.25) is 0 Å². The molecular formula is C10H19NO. The second kappa shape index (κ2) is 2.71. The molecule has 2 nitrogen and oxygen atoms in total. The van der Waals surface area contributed by atoms with Crippen molar-refractivity contribution >= 4 is 0 Å². The Morgan fingerprint density at radius 1 is 1.08 bits per heavy atom. The maximum atomic E-state index is 6.11. The Morgan fingerprint density at radius 3 is 2.33 bits per heavy atom. The Morgan fingerprint density at radius 2 is 1.75 bits per heavy atom. The van der Waals surface area contributed by atoms with E-state index in [-0.39, 0.29) is 11.3 Å². The van der Waals surface area contributed by atoms with Gasteiger partial charge in [-0.2, -0.15) is 0 Å². The third-order valence-electron chi connectivity index (χ3n) is 3.06. The minimum absolute atomic E-state index is 0.0573. The van der Waals surface area contributed by atoms with Crippen molar-refractivity contribution in [1.29, 1.82) is 0 Å². The minimum Gasteiger partial charge on any atom is -0.355 e. The number of hydrogen-bond acceptors (Lipinski definition) is 2. The van der Waals surface area contributed by atoms with Gasteiger partial charge in [-0.15, -0.1) is 0 Å².